The van der Waals surface area contributed by atoms with Crippen LogP contribution in [-0.2, 0) is 16.5 Å². The van der Waals surface area contributed by atoms with E-state index in [-0.39, 0.29) is 33.8 Å². The largest absolute Gasteiger partial charge is 0.506 e. The van der Waals surface area contributed by atoms with Crippen LogP contribution >= 0.6 is 23.2 Å². The van der Waals surface area contributed by atoms with Crippen molar-refractivity contribution < 1.29 is 31.4 Å². The summed E-state index contributed by atoms with van der Waals surface area (Å²) < 4.78 is 5.61. The molecule has 2 aromatic heterocycles. The van der Waals surface area contributed by atoms with Crippen LogP contribution in [0.3, 0.4) is 0 Å². The van der Waals surface area contributed by atoms with Gasteiger partial charge in [0.05, 0.1) is 16.7 Å². The van der Waals surface area contributed by atoms with Gasteiger partial charge < -0.3 is 14.9 Å². The second-order valence-corrected chi connectivity index (χ2v) is 10.2. The van der Waals surface area contributed by atoms with E-state index in [0.717, 1.165) is 28.0 Å². The number of rotatable bonds is 7. The number of pyridine rings is 2. The van der Waals surface area contributed by atoms with E-state index in [0.29, 0.717) is 39.6 Å². The molecule has 0 spiro atoms. The Labute approximate surface area is 279 Å². The Morgan fingerprint density at radius 2 is 1.27 bits per heavy atom. The van der Waals surface area contributed by atoms with Crippen molar-refractivity contribution in [3.8, 4) is 17.2 Å². The van der Waals surface area contributed by atoms with Gasteiger partial charge in [0, 0.05) is 39.7 Å². The van der Waals surface area contributed by atoms with Crippen LogP contribution in [0.4, 0.5) is 23.0 Å². The molecule has 0 unspecified atom stereocenters. The second-order valence-electron chi connectivity index (χ2n) is 9.34. The van der Waals surface area contributed by atoms with Crippen molar-refractivity contribution in [1.82, 2.24) is 9.97 Å². The average Bonchev–Trinajstić information content (AvgIpc) is 3.04. The van der Waals surface area contributed by atoms with Crippen LogP contribution in [0, 0.1) is 0 Å². The third kappa shape index (κ3) is 8.31. The number of halogens is 2. The zero-order chi connectivity index (χ0) is 30.9. The van der Waals surface area contributed by atoms with Crippen molar-refractivity contribution in [3.05, 3.63) is 113 Å². The number of hydrogen-bond acceptors (Lipinski definition) is 9. The maximum Gasteiger partial charge on any atom is 0.216 e. The van der Waals surface area contributed by atoms with Gasteiger partial charge in [0.2, 0.25) is 5.82 Å². The summed E-state index contributed by atoms with van der Waals surface area (Å²) in [5.41, 5.74) is 0.802. The standard InChI is InChI=1S/C18H17N3O2.C15H9Cl2N3O.Ni/c1-2-12-23-16-8-5-11-19-18(16)21-20-17-14-7-4-3-6-13(14)9-10-15(17)22;16-10-7-12(17)15(18-8-10)20-19-14-11-4-2-1-3-9(11)5-6-13(14)21;/h3-11,22H,2,12H2,1H3;1-8,21H;. The first-order valence-corrected chi connectivity index (χ1v) is 14.3. The first-order valence-electron chi connectivity index (χ1n) is 13.6. The Morgan fingerprint density at radius 3 is 1.84 bits per heavy atom. The number of benzene rings is 4. The third-order valence-electron chi connectivity index (χ3n) is 6.25. The topological polar surface area (TPSA) is 125 Å². The number of azo groups is 2. The molecule has 6 aromatic rings. The second kappa shape index (κ2) is 15.9. The van der Waals surface area contributed by atoms with Crippen LogP contribution in [-0.4, -0.2) is 26.8 Å². The fraction of sp³-hybridized carbons (Fsp3) is 0.0909. The normalized spacial score (nSPS) is 11.0. The fourth-order valence-corrected chi connectivity index (χ4v) is 4.57. The van der Waals surface area contributed by atoms with Crippen LogP contribution in [0.1, 0.15) is 13.3 Å². The van der Waals surface area contributed by atoms with Crippen LogP contribution in [0.5, 0.6) is 17.2 Å². The Hall–Kier alpha value is -4.63. The van der Waals surface area contributed by atoms with E-state index in [2.05, 4.69) is 30.4 Å². The van der Waals surface area contributed by atoms with Gasteiger partial charge in [-0.25, -0.2) is 9.97 Å². The van der Waals surface area contributed by atoms with E-state index >= 15 is 0 Å². The molecule has 0 saturated heterocycles. The van der Waals surface area contributed by atoms with Crippen molar-refractivity contribution in [3.63, 3.8) is 0 Å². The SMILES string of the molecule is CCCOc1cccnc1N=Nc1c(O)ccc2ccccc12.Oc1ccc2ccccc2c1N=Nc1ncc(Cl)cc1Cl.[Ni]. The Balaban J connectivity index is 0.000000201. The maximum absolute atomic E-state index is 10.1. The summed E-state index contributed by atoms with van der Waals surface area (Å²) >= 11 is 11.8. The predicted octanol–water partition coefficient (Wildman–Crippen LogP) is 10.8. The van der Waals surface area contributed by atoms with E-state index in [9.17, 15) is 10.2 Å². The van der Waals surface area contributed by atoms with Gasteiger partial charge in [-0.2, -0.15) is 0 Å². The Morgan fingerprint density at radius 1 is 0.689 bits per heavy atom. The molecule has 45 heavy (non-hydrogen) atoms. The average molecular weight is 684 g/mol. The van der Waals surface area contributed by atoms with Gasteiger partial charge in [0.15, 0.2) is 11.6 Å². The molecule has 0 aliphatic carbocycles. The van der Waals surface area contributed by atoms with Gasteiger partial charge in [-0.1, -0.05) is 90.8 Å². The summed E-state index contributed by atoms with van der Waals surface area (Å²) in [7, 11) is 0. The number of phenolic OH excluding ortho intramolecular Hbond substituents is 2. The molecular weight excluding hydrogens is 658 g/mol. The molecule has 4 aromatic carbocycles. The molecule has 12 heteroatoms. The number of fused-ring (bicyclic) bond motifs is 2. The summed E-state index contributed by atoms with van der Waals surface area (Å²) in [6.07, 6.45) is 3.97. The predicted molar refractivity (Wildman–Crippen MR) is 174 cm³/mol. The summed E-state index contributed by atoms with van der Waals surface area (Å²) in [5, 5.41) is 40.8. The maximum atomic E-state index is 10.1. The summed E-state index contributed by atoms with van der Waals surface area (Å²) in [6.45, 7) is 2.62. The smallest absolute Gasteiger partial charge is 0.216 e. The molecule has 2 heterocycles. The van der Waals surface area contributed by atoms with Gasteiger partial charge in [0.1, 0.15) is 22.9 Å². The van der Waals surface area contributed by atoms with Gasteiger partial charge in [0.25, 0.3) is 0 Å². The summed E-state index contributed by atoms with van der Waals surface area (Å²) in [6, 6.07) is 27.3. The third-order valence-corrected chi connectivity index (χ3v) is 6.73. The van der Waals surface area contributed by atoms with Gasteiger partial charge in [-0.15, -0.1) is 20.5 Å². The van der Waals surface area contributed by atoms with Gasteiger partial charge in [-0.05, 0) is 47.5 Å². The van der Waals surface area contributed by atoms with E-state index in [4.69, 9.17) is 27.9 Å². The number of aromatic hydroxyl groups is 2. The van der Waals surface area contributed by atoms with E-state index in [1.54, 1.807) is 30.5 Å². The van der Waals surface area contributed by atoms with Crippen LogP contribution in [0.2, 0.25) is 10.0 Å². The minimum atomic E-state index is 0. The van der Waals surface area contributed by atoms with Crippen molar-refractivity contribution >= 4 is 67.8 Å². The van der Waals surface area contributed by atoms with Gasteiger partial charge in [-0.3, -0.25) is 0 Å². The van der Waals surface area contributed by atoms with E-state index < -0.39 is 0 Å². The summed E-state index contributed by atoms with van der Waals surface area (Å²) in [4.78, 5) is 8.19. The molecule has 0 bridgehead atoms. The van der Waals surface area contributed by atoms with Crippen LogP contribution < -0.4 is 4.74 Å². The first kappa shape index (κ1) is 33.3. The van der Waals surface area contributed by atoms with Gasteiger partial charge >= 0.3 is 0 Å². The Bertz CT molecular complexity index is 1990. The van der Waals surface area contributed by atoms with E-state index in [1.807, 2.05) is 67.6 Å². The molecule has 0 aliphatic heterocycles. The molecule has 0 saturated carbocycles. The minimum Gasteiger partial charge on any atom is -0.506 e. The molecule has 9 nitrogen and oxygen atoms in total. The van der Waals surface area contributed by atoms with Crippen molar-refractivity contribution in [2.45, 2.75) is 13.3 Å². The number of hydrogen-bond donors (Lipinski definition) is 2. The van der Waals surface area contributed by atoms with Crippen LogP contribution in [0.25, 0.3) is 21.5 Å². The molecule has 0 atom stereocenters. The zero-order valence-electron chi connectivity index (χ0n) is 23.8. The molecule has 0 amide bonds. The summed E-state index contributed by atoms with van der Waals surface area (Å²) in [5.74, 6) is 1.35. The monoisotopic (exact) mass is 682 g/mol. The molecule has 0 radical (unpaired) electrons. The number of aromatic nitrogens is 2. The number of phenols is 2. The van der Waals surface area contributed by atoms with Crippen molar-refractivity contribution in [1.29, 1.82) is 0 Å². The molecule has 0 fully saturated rings. The molecular formula is C33H26Cl2N6NiO3. The number of ether oxygens (including phenoxy) is 1. The number of nitrogens with zero attached hydrogens (tertiary/aromatic N) is 6. The first-order chi connectivity index (χ1) is 21.4. The molecule has 6 rings (SSSR count). The Kier molecular flexibility index (Phi) is 11.8. The molecule has 0 aliphatic rings. The van der Waals surface area contributed by atoms with Crippen molar-refractivity contribution in [2.24, 2.45) is 20.5 Å². The molecule has 2 N–H and O–H groups in total. The molecule has 230 valence electrons. The van der Waals surface area contributed by atoms with Crippen molar-refractivity contribution in [2.75, 3.05) is 6.61 Å². The fourth-order valence-electron chi connectivity index (χ4n) is 4.16. The van der Waals surface area contributed by atoms with E-state index in [1.165, 1.54) is 12.3 Å². The zero-order valence-corrected chi connectivity index (χ0v) is 26.3. The van der Waals surface area contributed by atoms with Crippen LogP contribution in [0.15, 0.2) is 124 Å². The quantitative estimate of drug-likeness (QED) is 0.128. The minimum absolute atomic E-state index is 0.